The molecule has 0 bridgehead atoms. The molecule has 0 spiro atoms. The van der Waals surface area contributed by atoms with Crippen LogP contribution in [0.4, 0.5) is 16.2 Å². The third-order valence-corrected chi connectivity index (χ3v) is 4.40. The first kappa shape index (κ1) is 17.0. The van der Waals surface area contributed by atoms with E-state index in [1.54, 1.807) is 36.4 Å². The SMILES string of the molecule is O=C(Nc1cccc(-c2nn[nH]n2)c1)c1ccc(Cl)c(N2CCNC2=O)c1. The quantitative estimate of drug-likeness (QED) is 0.639. The normalized spacial score (nSPS) is 13.5. The average Bonchev–Trinajstić information content (AvgIpc) is 3.34. The molecule has 0 saturated carbocycles. The van der Waals surface area contributed by atoms with Gasteiger partial charge in [-0.3, -0.25) is 9.69 Å². The molecular weight excluding hydrogens is 370 g/mol. The van der Waals surface area contributed by atoms with Gasteiger partial charge in [0.05, 0.1) is 10.7 Å². The van der Waals surface area contributed by atoms with Gasteiger partial charge < -0.3 is 10.6 Å². The third kappa shape index (κ3) is 3.44. The first-order chi connectivity index (χ1) is 13.1. The number of nitrogens with zero attached hydrogens (tertiary/aromatic N) is 4. The number of rotatable bonds is 4. The summed E-state index contributed by atoms with van der Waals surface area (Å²) in [6.07, 6.45) is 0. The van der Waals surface area contributed by atoms with Crippen LogP contribution in [0, 0.1) is 0 Å². The van der Waals surface area contributed by atoms with Gasteiger partial charge in [-0.05, 0) is 35.5 Å². The molecule has 1 aliphatic rings. The van der Waals surface area contributed by atoms with Crippen LogP contribution >= 0.6 is 11.6 Å². The summed E-state index contributed by atoms with van der Waals surface area (Å²) in [5.74, 6) is 0.109. The van der Waals surface area contributed by atoms with E-state index in [4.69, 9.17) is 11.6 Å². The van der Waals surface area contributed by atoms with E-state index in [1.165, 1.54) is 4.90 Å². The molecule has 1 fully saturated rings. The number of carbonyl (C=O) groups excluding carboxylic acids is 2. The molecule has 0 aliphatic carbocycles. The van der Waals surface area contributed by atoms with Gasteiger partial charge in [0.1, 0.15) is 0 Å². The number of hydrogen-bond acceptors (Lipinski definition) is 5. The molecule has 3 amide bonds. The fourth-order valence-corrected chi connectivity index (χ4v) is 3.01. The molecule has 3 aromatic rings. The van der Waals surface area contributed by atoms with Crippen molar-refractivity contribution in [1.82, 2.24) is 25.9 Å². The average molecular weight is 384 g/mol. The van der Waals surface area contributed by atoms with Crippen LogP contribution in [0.15, 0.2) is 42.5 Å². The van der Waals surface area contributed by atoms with Crippen LogP contribution in [-0.4, -0.2) is 45.7 Å². The molecular formula is C17H14ClN7O2. The molecule has 1 aliphatic heterocycles. The predicted molar refractivity (Wildman–Crippen MR) is 99.8 cm³/mol. The van der Waals surface area contributed by atoms with E-state index in [0.717, 1.165) is 0 Å². The Bertz CT molecular complexity index is 1010. The highest BCUT2D eigenvalue weighted by Gasteiger charge is 2.24. The number of aromatic nitrogens is 4. The number of urea groups is 1. The summed E-state index contributed by atoms with van der Waals surface area (Å²) in [5.41, 5.74) is 2.18. The molecule has 3 N–H and O–H groups in total. The van der Waals surface area contributed by atoms with Crippen molar-refractivity contribution in [3.8, 4) is 11.4 Å². The maximum atomic E-state index is 12.6. The van der Waals surface area contributed by atoms with Crippen molar-refractivity contribution in [1.29, 1.82) is 0 Å². The molecule has 27 heavy (non-hydrogen) atoms. The largest absolute Gasteiger partial charge is 0.336 e. The standard InChI is InChI=1S/C17H14ClN7O2/c18-13-5-4-11(9-14(13)25-7-6-19-17(25)27)16(26)20-12-3-1-2-10(8-12)15-21-23-24-22-15/h1-5,8-9H,6-7H2,(H,19,27)(H,20,26)(H,21,22,23,24). The topological polar surface area (TPSA) is 116 Å². The van der Waals surface area contributed by atoms with Crippen LogP contribution in [0.5, 0.6) is 0 Å². The second kappa shape index (κ2) is 7.04. The molecule has 136 valence electrons. The van der Waals surface area contributed by atoms with Crippen LogP contribution in [0.1, 0.15) is 10.4 Å². The van der Waals surface area contributed by atoms with Crippen molar-refractivity contribution in [2.45, 2.75) is 0 Å². The Kier molecular flexibility index (Phi) is 4.43. The molecule has 1 aromatic heterocycles. The first-order valence-corrected chi connectivity index (χ1v) is 8.50. The lowest BCUT2D eigenvalue weighted by Crippen LogP contribution is -2.28. The number of amides is 3. The number of carbonyl (C=O) groups is 2. The van der Waals surface area contributed by atoms with Gasteiger partial charge in [-0.15, -0.1) is 10.2 Å². The number of tetrazole rings is 1. The van der Waals surface area contributed by atoms with E-state index < -0.39 is 0 Å². The molecule has 1 saturated heterocycles. The smallest absolute Gasteiger partial charge is 0.322 e. The Balaban J connectivity index is 1.57. The summed E-state index contributed by atoms with van der Waals surface area (Å²) >= 11 is 6.21. The Morgan fingerprint density at radius 1 is 1.22 bits per heavy atom. The van der Waals surface area contributed by atoms with Gasteiger partial charge in [-0.1, -0.05) is 23.7 Å². The maximum Gasteiger partial charge on any atom is 0.322 e. The predicted octanol–water partition coefficient (Wildman–Crippen LogP) is 2.30. The zero-order chi connectivity index (χ0) is 18.8. The second-order valence-electron chi connectivity index (χ2n) is 5.82. The molecule has 0 radical (unpaired) electrons. The molecule has 4 rings (SSSR count). The minimum absolute atomic E-state index is 0.234. The zero-order valence-corrected chi connectivity index (χ0v) is 14.7. The fourth-order valence-electron chi connectivity index (χ4n) is 2.79. The number of halogens is 1. The number of anilines is 2. The van der Waals surface area contributed by atoms with E-state index in [1.807, 2.05) is 6.07 Å². The van der Waals surface area contributed by atoms with Crippen molar-refractivity contribution >= 4 is 34.9 Å². The number of aromatic amines is 1. The van der Waals surface area contributed by atoms with Gasteiger partial charge in [0.25, 0.3) is 5.91 Å². The first-order valence-electron chi connectivity index (χ1n) is 8.12. The van der Waals surface area contributed by atoms with Crippen molar-refractivity contribution in [2.75, 3.05) is 23.3 Å². The molecule has 10 heteroatoms. The summed E-state index contributed by atoms with van der Waals surface area (Å²) < 4.78 is 0. The van der Waals surface area contributed by atoms with Crippen LogP contribution in [-0.2, 0) is 0 Å². The molecule has 0 unspecified atom stereocenters. The lowest BCUT2D eigenvalue weighted by molar-refractivity contribution is 0.102. The maximum absolute atomic E-state index is 12.6. The number of nitrogens with one attached hydrogen (secondary N) is 3. The molecule has 2 heterocycles. The van der Waals surface area contributed by atoms with Crippen molar-refractivity contribution in [2.24, 2.45) is 0 Å². The number of H-pyrrole nitrogens is 1. The number of benzene rings is 2. The van der Waals surface area contributed by atoms with Crippen molar-refractivity contribution in [3.63, 3.8) is 0 Å². The summed E-state index contributed by atoms with van der Waals surface area (Å²) in [5, 5.41) is 19.7. The highest BCUT2D eigenvalue weighted by Crippen LogP contribution is 2.28. The Labute approximate surface area is 158 Å². The van der Waals surface area contributed by atoms with Gasteiger partial charge in [0, 0.05) is 29.9 Å². The lowest BCUT2D eigenvalue weighted by atomic mass is 10.1. The minimum Gasteiger partial charge on any atom is -0.336 e. The van der Waals surface area contributed by atoms with Gasteiger partial charge in [0.15, 0.2) is 0 Å². The van der Waals surface area contributed by atoms with E-state index in [-0.39, 0.29) is 11.9 Å². The van der Waals surface area contributed by atoms with Gasteiger partial charge in [0.2, 0.25) is 5.82 Å². The van der Waals surface area contributed by atoms with E-state index in [9.17, 15) is 9.59 Å². The summed E-state index contributed by atoms with van der Waals surface area (Å²) in [6, 6.07) is 11.7. The summed E-state index contributed by atoms with van der Waals surface area (Å²) in [4.78, 5) is 26.0. The highest BCUT2D eigenvalue weighted by atomic mass is 35.5. The minimum atomic E-state index is -0.321. The van der Waals surface area contributed by atoms with Crippen LogP contribution in [0.3, 0.4) is 0 Å². The Morgan fingerprint density at radius 3 is 2.85 bits per heavy atom. The zero-order valence-electron chi connectivity index (χ0n) is 13.9. The van der Waals surface area contributed by atoms with Crippen molar-refractivity contribution in [3.05, 3.63) is 53.1 Å². The van der Waals surface area contributed by atoms with E-state index in [2.05, 4.69) is 31.3 Å². The molecule has 2 aromatic carbocycles. The van der Waals surface area contributed by atoms with Crippen LogP contribution in [0.25, 0.3) is 11.4 Å². The van der Waals surface area contributed by atoms with Gasteiger partial charge in [-0.25, -0.2) is 4.79 Å². The fraction of sp³-hybridized carbons (Fsp3) is 0.118. The van der Waals surface area contributed by atoms with E-state index >= 15 is 0 Å². The highest BCUT2D eigenvalue weighted by molar-refractivity contribution is 6.34. The third-order valence-electron chi connectivity index (χ3n) is 4.08. The van der Waals surface area contributed by atoms with Crippen LogP contribution in [0.2, 0.25) is 5.02 Å². The van der Waals surface area contributed by atoms with Crippen molar-refractivity contribution < 1.29 is 9.59 Å². The lowest BCUT2D eigenvalue weighted by Gasteiger charge is -2.17. The summed E-state index contributed by atoms with van der Waals surface area (Å²) in [6.45, 7) is 1.03. The van der Waals surface area contributed by atoms with Gasteiger partial charge in [-0.2, -0.15) is 5.21 Å². The Hall–Kier alpha value is -3.46. The number of hydrogen-bond donors (Lipinski definition) is 3. The van der Waals surface area contributed by atoms with E-state index in [0.29, 0.717) is 46.4 Å². The van der Waals surface area contributed by atoms with Gasteiger partial charge >= 0.3 is 6.03 Å². The second-order valence-corrected chi connectivity index (χ2v) is 6.23. The van der Waals surface area contributed by atoms with Crippen LogP contribution < -0.4 is 15.5 Å². The Morgan fingerprint density at radius 2 is 2.11 bits per heavy atom. The molecule has 9 nitrogen and oxygen atoms in total. The molecule has 0 atom stereocenters. The summed E-state index contributed by atoms with van der Waals surface area (Å²) in [7, 11) is 0. The monoisotopic (exact) mass is 383 g/mol.